The van der Waals surface area contributed by atoms with E-state index in [9.17, 15) is 9.59 Å². The maximum absolute atomic E-state index is 11.8. The van der Waals surface area contributed by atoms with Gasteiger partial charge in [-0.25, -0.2) is 9.59 Å². The zero-order chi connectivity index (χ0) is 15.1. The van der Waals surface area contributed by atoms with Crippen LogP contribution in [0.5, 0.6) is 0 Å². The molecule has 0 radical (unpaired) electrons. The predicted molar refractivity (Wildman–Crippen MR) is 77.4 cm³/mol. The first kappa shape index (κ1) is 16.0. The zero-order valence-electron chi connectivity index (χ0n) is 12.1. The molecule has 0 saturated carbocycles. The Balaban J connectivity index is 2.55. The Morgan fingerprint density at radius 3 is 2.20 bits per heavy atom. The molecule has 110 valence electrons. The van der Waals surface area contributed by atoms with Gasteiger partial charge in [0, 0.05) is 0 Å². The van der Waals surface area contributed by atoms with Gasteiger partial charge in [-0.2, -0.15) is 0 Å². The van der Waals surface area contributed by atoms with Gasteiger partial charge in [-0.15, -0.1) is 0 Å². The quantitative estimate of drug-likeness (QED) is 0.748. The average molecular weight is 278 g/mol. The molecule has 0 spiro atoms. The summed E-state index contributed by atoms with van der Waals surface area (Å²) in [6.45, 7) is 5.69. The van der Waals surface area contributed by atoms with E-state index < -0.39 is 18.0 Å². The largest absolute Gasteiger partial charge is 0.480 e. The molecule has 0 aliphatic rings. The molecule has 0 aliphatic carbocycles. The van der Waals surface area contributed by atoms with Crippen molar-refractivity contribution in [2.45, 2.75) is 39.3 Å². The fourth-order valence-corrected chi connectivity index (χ4v) is 1.91. The predicted octanol–water partition coefficient (Wildman–Crippen LogP) is 2.55. The van der Waals surface area contributed by atoms with Crippen molar-refractivity contribution < 1.29 is 14.7 Å². The smallest absolute Gasteiger partial charge is 0.326 e. The number of carbonyl (C=O) groups is 2. The van der Waals surface area contributed by atoms with Gasteiger partial charge in [-0.05, 0) is 24.8 Å². The van der Waals surface area contributed by atoms with Crippen LogP contribution in [0.1, 0.15) is 38.8 Å². The minimum absolute atomic E-state index is 0.176. The molecule has 0 heterocycles. The Labute approximate surface area is 119 Å². The lowest BCUT2D eigenvalue weighted by Crippen LogP contribution is -2.47. The number of rotatable bonds is 6. The fourth-order valence-electron chi connectivity index (χ4n) is 1.91. The summed E-state index contributed by atoms with van der Waals surface area (Å²) in [5.74, 6) is -0.816. The number of urea groups is 1. The molecule has 2 atom stereocenters. The first-order valence-corrected chi connectivity index (χ1v) is 6.75. The Morgan fingerprint density at radius 2 is 1.70 bits per heavy atom. The van der Waals surface area contributed by atoms with Crippen molar-refractivity contribution in [2.75, 3.05) is 0 Å². The van der Waals surface area contributed by atoms with Crippen LogP contribution in [0.15, 0.2) is 30.3 Å². The van der Waals surface area contributed by atoms with Crippen molar-refractivity contribution >= 4 is 12.0 Å². The summed E-state index contributed by atoms with van der Waals surface area (Å²) >= 11 is 0. The topological polar surface area (TPSA) is 78.4 Å². The van der Waals surface area contributed by atoms with E-state index in [0.717, 1.165) is 5.56 Å². The van der Waals surface area contributed by atoms with Gasteiger partial charge in [0.05, 0.1) is 6.04 Å². The van der Waals surface area contributed by atoms with E-state index in [1.54, 1.807) is 0 Å². The molecule has 5 nitrogen and oxygen atoms in total. The van der Waals surface area contributed by atoms with Gasteiger partial charge in [-0.3, -0.25) is 0 Å². The van der Waals surface area contributed by atoms with E-state index in [2.05, 4.69) is 10.6 Å². The van der Waals surface area contributed by atoms with Crippen LogP contribution in [0, 0.1) is 5.92 Å². The lowest BCUT2D eigenvalue weighted by Gasteiger charge is -2.19. The molecular formula is C15H22N2O3. The minimum atomic E-state index is -1.01. The van der Waals surface area contributed by atoms with Crippen LogP contribution in [-0.2, 0) is 4.79 Å². The van der Waals surface area contributed by atoms with Crippen molar-refractivity contribution in [3.05, 3.63) is 35.9 Å². The van der Waals surface area contributed by atoms with Crippen molar-refractivity contribution in [3.63, 3.8) is 0 Å². The minimum Gasteiger partial charge on any atom is -0.480 e. The Morgan fingerprint density at radius 1 is 1.10 bits per heavy atom. The molecule has 0 bridgehead atoms. The number of carbonyl (C=O) groups excluding carboxylic acids is 1. The number of carboxylic acids is 1. The third-order valence-corrected chi connectivity index (χ3v) is 2.96. The average Bonchev–Trinajstić information content (AvgIpc) is 2.38. The summed E-state index contributed by atoms with van der Waals surface area (Å²) < 4.78 is 0. The van der Waals surface area contributed by atoms with Crippen molar-refractivity contribution in [1.29, 1.82) is 0 Å². The Kier molecular flexibility index (Phi) is 6.03. The highest BCUT2D eigenvalue weighted by Crippen LogP contribution is 2.11. The molecule has 1 aromatic rings. The van der Waals surface area contributed by atoms with E-state index in [1.165, 1.54) is 0 Å². The second kappa shape index (κ2) is 7.53. The van der Waals surface area contributed by atoms with Crippen molar-refractivity contribution in [2.24, 2.45) is 5.92 Å². The van der Waals surface area contributed by atoms with E-state index >= 15 is 0 Å². The summed E-state index contributed by atoms with van der Waals surface area (Å²) in [6.07, 6.45) is 0.405. The Hall–Kier alpha value is -2.04. The van der Waals surface area contributed by atoms with E-state index in [1.807, 2.05) is 51.1 Å². The normalized spacial score (nSPS) is 13.6. The van der Waals surface area contributed by atoms with Crippen LogP contribution < -0.4 is 10.6 Å². The second-order valence-corrected chi connectivity index (χ2v) is 5.27. The molecular weight excluding hydrogens is 256 g/mol. The van der Waals surface area contributed by atoms with E-state index in [4.69, 9.17) is 5.11 Å². The van der Waals surface area contributed by atoms with Gasteiger partial charge in [-0.1, -0.05) is 44.2 Å². The monoisotopic (exact) mass is 278 g/mol. The van der Waals surface area contributed by atoms with Crippen LogP contribution in [0.3, 0.4) is 0 Å². The molecule has 0 aliphatic heterocycles. The van der Waals surface area contributed by atoms with Crippen LogP contribution >= 0.6 is 0 Å². The SMILES string of the molecule is CC(C)C[C@@H](NC(=O)NC(C)c1ccccc1)C(=O)O. The number of aliphatic carboxylic acids is 1. The molecule has 1 unspecified atom stereocenters. The molecule has 5 heteroatoms. The van der Waals surface area contributed by atoms with Crippen molar-refractivity contribution in [3.8, 4) is 0 Å². The molecule has 0 fully saturated rings. The van der Waals surface area contributed by atoms with Crippen LogP contribution in [0.25, 0.3) is 0 Å². The van der Waals surface area contributed by atoms with Crippen LogP contribution in [0.4, 0.5) is 4.79 Å². The summed E-state index contributed by atoms with van der Waals surface area (Å²) in [6, 6.07) is 8.01. The lowest BCUT2D eigenvalue weighted by atomic mass is 10.0. The van der Waals surface area contributed by atoms with Gasteiger partial charge in [0.2, 0.25) is 0 Å². The fraction of sp³-hybridized carbons (Fsp3) is 0.467. The second-order valence-electron chi connectivity index (χ2n) is 5.27. The van der Waals surface area contributed by atoms with E-state index in [0.29, 0.717) is 6.42 Å². The molecule has 20 heavy (non-hydrogen) atoms. The van der Waals surface area contributed by atoms with Gasteiger partial charge in [0.1, 0.15) is 6.04 Å². The number of hydrogen-bond acceptors (Lipinski definition) is 2. The lowest BCUT2D eigenvalue weighted by molar-refractivity contribution is -0.139. The zero-order valence-corrected chi connectivity index (χ0v) is 12.1. The maximum Gasteiger partial charge on any atom is 0.326 e. The molecule has 1 aromatic carbocycles. The third-order valence-electron chi connectivity index (χ3n) is 2.96. The van der Waals surface area contributed by atoms with E-state index in [-0.39, 0.29) is 12.0 Å². The maximum atomic E-state index is 11.8. The van der Waals surface area contributed by atoms with Gasteiger partial charge < -0.3 is 15.7 Å². The molecule has 3 N–H and O–H groups in total. The molecule has 1 rings (SSSR count). The standard InChI is InChI=1S/C15H22N2O3/c1-10(2)9-13(14(18)19)17-15(20)16-11(3)12-7-5-4-6-8-12/h4-8,10-11,13H,9H2,1-3H3,(H,18,19)(H2,16,17,20)/t11?,13-/m1/s1. The molecule has 0 saturated heterocycles. The van der Waals surface area contributed by atoms with Crippen LogP contribution in [0.2, 0.25) is 0 Å². The highest BCUT2D eigenvalue weighted by molar-refractivity contribution is 5.82. The number of benzene rings is 1. The molecule has 0 aromatic heterocycles. The summed E-state index contributed by atoms with van der Waals surface area (Å²) in [5, 5.41) is 14.3. The first-order chi connectivity index (χ1) is 9.40. The Bertz CT molecular complexity index is 446. The van der Waals surface area contributed by atoms with Crippen molar-refractivity contribution in [1.82, 2.24) is 10.6 Å². The summed E-state index contributed by atoms with van der Waals surface area (Å²) in [5.41, 5.74) is 0.971. The van der Waals surface area contributed by atoms with Gasteiger partial charge >= 0.3 is 12.0 Å². The molecule has 2 amide bonds. The number of hydrogen-bond donors (Lipinski definition) is 3. The number of amides is 2. The number of nitrogens with one attached hydrogen (secondary N) is 2. The van der Waals surface area contributed by atoms with Crippen LogP contribution in [-0.4, -0.2) is 23.1 Å². The first-order valence-electron chi connectivity index (χ1n) is 6.75. The van der Waals surface area contributed by atoms with Gasteiger partial charge in [0.15, 0.2) is 0 Å². The highest BCUT2D eigenvalue weighted by Gasteiger charge is 2.21. The van der Waals surface area contributed by atoms with Gasteiger partial charge in [0.25, 0.3) is 0 Å². The summed E-state index contributed by atoms with van der Waals surface area (Å²) in [4.78, 5) is 22.9. The highest BCUT2D eigenvalue weighted by atomic mass is 16.4. The number of carboxylic acid groups (broad SMARTS) is 1. The third kappa shape index (κ3) is 5.30. The summed E-state index contributed by atoms with van der Waals surface area (Å²) in [7, 11) is 0.